The standard InChI is InChI=1S/C2H5AsO3/c4-1-2(5)3-6/h3-4,6H,1H2. The Morgan fingerprint density at radius 3 is 2.33 bits per heavy atom. The molecule has 6 heavy (non-hydrogen) atoms. The van der Waals surface area contributed by atoms with Crippen LogP contribution in [0, 0.1) is 0 Å². The van der Waals surface area contributed by atoms with Crippen LogP contribution in [0.1, 0.15) is 0 Å². The first kappa shape index (κ1) is 6.15. The van der Waals surface area contributed by atoms with Crippen LogP contribution in [0.25, 0.3) is 0 Å². The van der Waals surface area contributed by atoms with E-state index in [4.69, 9.17) is 9.20 Å². The maximum atomic E-state index is 9.74. The molecule has 0 aliphatic carbocycles. The van der Waals surface area contributed by atoms with Gasteiger partial charge < -0.3 is 0 Å². The molecule has 0 radical (unpaired) electrons. The van der Waals surface area contributed by atoms with Gasteiger partial charge in [0.1, 0.15) is 0 Å². The number of aliphatic hydroxyl groups is 1. The van der Waals surface area contributed by atoms with Gasteiger partial charge in [0.25, 0.3) is 0 Å². The predicted octanol–water partition coefficient (Wildman–Crippen LogP) is -2.15. The molecular weight excluding hydrogens is 147 g/mol. The van der Waals surface area contributed by atoms with E-state index in [0.717, 1.165) is 0 Å². The second kappa shape index (κ2) is 3.34. The van der Waals surface area contributed by atoms with E-state index in [1.165, 1.54) is 0 Å². The van der Waals surface area contributed by atoms with E-state index in [2.05, 4.69) is 0 Å². The van der Waals surface area contributed by atoms with E-state index in [9.17, 15) is 4.79 Å². The molecule has 0 rings (SSSR count). The monoisotopic (exact) mass is 152 g/mol. The molecule has 0 saturated carbocycles. The Morgan fingerprint density at radius 2 is 2.33 bits per heavy atom. The van der Waals surface area contributed by atoms with Crippen molar-refractivity contribution in [2.45, 2.75) is 0 Å². The molecule has 4 heteroatoms. The van der Waals surface area contributed by atoms with Gasteiger partial charge in [0.2, 0.25) is 0 Å². The van der Waals surface area contributed by atoms with Gasteiger partial charge >= 0.3 is 41.3 Å². The summed E-state index contributed by atoms with van der Waals surface area (Å²) >= 11 is -1.45. The maximum absolute atomic E-state index is 9.74. The van der Waals surface area contributed by atoms with E-state index in [1.807, 2.05) is 0 Å². The first-order valence-corrected chi connectivity index (χ1v) is 3.33. The molecule has 0 aliphatic rings. The van der Waals surface area contributed by atoms with Crippen molar-refractivity contribution in [2.75, 3.05) is 6.61 Å². The quantitative estimate of drug-likeness (QED) is 0.443. The topological polar surface area (TPSA) is 57.5 Å². The molecule has 36 valence electrons. The minimum atomic E-state index is -1.45. The fourth-order valence-corrected chi connectivity index (χ4v) is 0.184. The van der Waals surface area contributed by atoms with Crippen molar-refractivity contribution in [2.24, 2.45) is 0 Å². The van der Waals surface area contributed by atoms with E-state index in [-0.39, 0.29) is 0 Å². The van der Waals surface area contributed by atoms with Crippen molar-refractivity contribution < 1.29 is 14.0 Å². The van der Waals surface area contributed by atoms with Crippen molar-refractivity contribution in [3.8, 4) is 0 Å². The van der Waals surface area contributed by atoms with Crippen LogP contribution in [0.5, 0.6) is 0 Å². The molecule has 1 atom stereocenters. The zero-order valence-electron chi connectivity index (χ0n) is 3.01. The Bertz CT molecular complexity index is 46.8. The van der Waals surface area contributed by atoms with Gasteiger partial charge in [0.15, 0.2) is 0 Å². The summed E-state index contributed by atoms with van der Waals surface area (Å²) in [6.45, 7) is -0.503. The van der Waals surface area contributed by atoms with E-state index < -0.39 is 27.3 Å². The average molecular weight is 152 g/mol. The molecular formula is C2H5AsO3. The van der Waals surface area contributed by atoms with Gasteiger partial charge in [0, 0.05) is 0 Å². The van der Waals surface area contributed by atoms with Crippen molar-refractivity contribution in [3.63, 3.8) is 0 Å². The van der Waals surface area contributed by atoms with E-state index in [0.29, 0.717) is 0 Å². The van der Waals surface area contributed by atoms with Gasteiger partial charge in [-0.1, -0.05) is 0 Å². The zero-order chi connectivity index (χ0) is 4.99. The van der Waals surface area contributed by atoms with Crippen LogP contribution >= 0.6 is 0 Å². The Kier molecular flexibility index (Phi) is 3.43. The minimum absolute atomic E-state index is 0.421. The molecule has 0 heterocycles. The third-order valence-electron chi connectivity index (χ3n) is 0.268. The zero-order valence-corrected chi connectivity index (χ0v) is 5.11. The summed E-state index contributed by atoms with van der Waals surface area (Å²) in [5.41, 5.74) is 0. The summed E-state index contributed by atoms with van der Waals surface area (Å²) < 4.78 is 7.53. The molecule has 0 aromatic heterocycles. The SMILES string of the molecule is O=C(CO)[AsH]O. The Hall–Kier alpha value is 0.148. The fourth-order valence-electron chi connectivity index (χ4n) is 0.0354. The van der Waals surface area contributed by atoms with Crippen LogP contribution in [-0.4, -0.2) is 36.5 Å². The van der Waals surface area contributed by atoms with Crippen LogP contribution in [-0.2, 0) is 4.79 Å². The first-order chi connectivity index (χ1) is 2.81. The third-order valence-corrected chi connectivity index (χ3v) is 1.12. The van der Waals surface area contributed by atoms with Gasteiger partial charge in [-0.05, 0) is 0 Å². The Balaban J connectivity index is 2.99. The van der Waals surface area contributed by atoms with Crippen LogP contribution in [0.2, 0.25) is 0 Å². The summed E-state index contributed by atoms with van der Waals surface area (Å²) in [6.07, 6.45) is 0. The van der Waals surface area contributed by atoms with Crippen LogP contribution in [0.15, 0.2) is 0 Å². The second-order valence-electron chi connectivity index (χ2n) is 0.693. The van der Waals surface area contributed by atoms with Gasteiger partial charge in [-0.2, -0.15) is 0 Å². The van der Waals surface area contributed by atoms with Gasteiger partial charge in [0.05, 0.1) is 0 Å². The summed E-state index contributed by atoms with van der Waals surface area (Å²) in [5, 5.41) is 7.86. The number of carbonyl (C=O) groups is 1. The van der Waals surface area contributed by atoms with Crippen LogP contribution in [0.3, 0.4) is 0 Å². The van der Waals surface area contributed by atoms with E-state index >= 15 is 0 Å². The third kappa shape index (κ3) is 2.39. The second-order valence-corrected chi connectivity index (χ2v) is 2.33. The van der Waals surface area contributed by atoms with Gasteiger partial charge in [-0.3, -0.25) is 0 Å². The number of carbonyl (C=O) groups excluding carboxylic acids is 1. The molecule has 3 nitrogen and oxygen atoms in total. The normalized spacial score (nSPS) is 10.3. The summed E-state index contributed by atoms with van der Waals surface area (Å²) in [7, 11) is 0. The van der Waals surface area contributed by atoms with Gasteiger partial charge in [-0.25, -0.2) is 0 Å². The van der Waals surface area contributed by atoms with Crippen molar-refractivity contribution in [3.05, 3.63) is 0 Å². The molecule has 0 spiro atoms. The van der Waals surface area contributed by atoms with E-state index in [1.54, 1.807) is 0 Å². The molecule has 0 bridgehead atoms. The Morgan fingerprint density at radius 1 is 1.83 bits per heavy atom. The fraction of sp³-hybridized carbons (Fsp3) is 0.500. The van der Waals surface area contributed by atoms with Crippen molar-refractivity contribution in [1.82, 2.24) is 0 Å². The summed E-state index contributed by atoms with van der Waals surface area (Å²) in [4.78, 5) is 9.74. The number of rotatable bonds is 2. The molecule has 0 saturated heterocycles. The number of aliphatic hydroxyl groups excluding tert-OH is 1. The van der Waals surface area contributed by atoms with Gasteiger partial charge in [-0.15, -0.1) is 0 Å². The number of hydrogen-bond donors (Lipinski definition) is 2. The molecule has 0 aliphatic heterocycles. The molecule has 1 unspecified atom stereocenters. The molecule has 0 amide bonds. The molecule has 0 fully saturated rings. The summed E-state index contributed by atoms with van der Waals surface area (Å²) in [6, 6.07) is 0. The Labute approximate surface area is 42.0 Å². The van der Waals surface area contributed by atoms with Crippen molar-refractivity contribution in [1.29, 1.82) is 0 Å². The van der Waals surface area contributed by atoms with Crippen molar-refractivity contribution >= 4 is 20.7 Å². The first-order valence-electron chi connectivity index (χ1n) is 1.35. The summed E-state index contributed by atoms with van der Waals surface area (Å²) in [5.74, 6) is 0. The molecule has 0 aromatic rings. The molecule has 2 N–H and O–H groups in total. The average Bonchev–Trinajstić information content (AvgIpc) is 1.65. The van der Waals surface area contributed by atoms with Crippen LogP contribution in [0.4, 0.5) is 0 Å². The number of hydrogen-bond acceptors (Lipinski definition) is 3. The van der Waals surface area contributed by atoms with Crippen LogP contribution < -0.4 is 0 Å². The predicted molar refractivity (Wildman–Crippen MR) is 21.5 cm³/mol. The molecule has 0 aromatic carbocycles.